The largest absolute Gasteiger partial charge is 0.466 e. The van der Waals surface area contributed by atoms with Gasteiger partial charge in [0.1, 0.15) is 11.5 Å². The van der Waals surface area contributed by atoms with Crippen LogP contribution >= 0.6 is 11.3 Å². The van der Waals surface area contributed by atoms with Crippen molar-refractivity contribution in [3.8, 4) is 0 Å². The van der Waals surface area contributed by atoms with E-state index in [-0.39, 0.29) is 5.91 Å². The molecule has 0 aliphatic heterocycles. The number of rotatable bonds is 4. The van der Waals surface area contributed by atoms with Crippen LogP contribution in [-0.2, 0) is 6.42 Å². The number of aryl methyl sites for hydroxylation is 2. The molecule has 0 radical (unpaired) electrons. The first-order valence-corrected chi connectivity index (χ1v) is 6.47. The van der Waals surface area contributed by atoms with E-state index in [0.717, 1.165) is 12.2 Å². The van der Waals surface area contributed by atoms with Gasteiger partial charge in [-0.25, -0.2) is 0 Å². The third-order valence-electron chi connectivity index (χ3n) is 2.56. The van der Waals surface area contributed by atoms with Crippen molar-refractivity contribution in [3.63, 3.8) is 0 Å². The van der Waals surface area contributed by atoms with Crippen molar-refractivity contribution >= 4 is 17.2 Å². The third kappa shape index (κ3) is 2.97. The minimum Gasteiger partial charge on any atom is -0.466 e. The van der Waals surface area contributed by atoms with Crippen molar-refractivity contribution in [1.82, 2.24) is 5.32 Å². The molecular formula is C13H15NO2S. The van der Waals surface area contributed by atoms with Gasteiger partial charge in [0.25, 0.3) is 5.91 Å². The lowest BCUT2D eigenvalue weighted by molar-refractivity contribution is 0.0952. The van der Waals surface area contributed by atoms with Crippen LogP contribution in [-0.4, -0.2) is 12.5 Å². The van der Waals surface area contributed by atoms with Gasteiger partial charge in [0.15, 0.2) is 0 Å². The fourth-order valence-electron chi connectivity index (χ4n) is 1.71. The van der Waals surface area contributed by atoms with Crippen LogP contribution < -0.4 is 5.32 Å². The zero-order valence-corrected chi connectivity index (χ0v) is 10.8. The van der Waals surface area contributed by atoms with Gasteiger partial charge in [0.2, 0.25) is 0 Å². The molecule has 17 heavy (non-hydrogen) atoms. The van der Waals surface area contributed by atoms with Crippen molar-refractivity contribution in [1.29, 1.82) is 0 Å². The van der Waals surface area contributed by atoms with Crippen molar-refractivity contribution in [2.75, 3.05) is 6.54 Å². The summed E-state index contributed by atoms with van der Waals surface area (Å²) in [5, 5.41) is 7.04. The Labute approximate surface area is 104 Å². The summed E-state index contributed by atoms with van der Waals surface area (Å²) in [4.78, 5) is 11.8. The van der Waals surface area contributed by atoms with E-state index in [1.807, 2.05) is 12.3 Å². The molecule has 1 N–H and O–H groups in total. The molecule has 2 rings (SSSR count). The van der Waals surface area contributed by atoms with E-state index >= 15 is 0 Å². The standard InChI is InChI=1S/C13H15NO2S/c1-9-7-12(10(2)16-9)13(15)14-5-3-11-4-6-17-8-11/h4,6-8H,3,5H2,1-2H3,(H,14,15). The maximum atomic E-state index is 11.8. The van der Waals surface area contributed by atoms with Crippen molar-refractivity contribution in [3.05, 3.63) is 45.5 Å². The highest BCUT2D eigenvalue weighted by atomic mass is 32.1. The zero-order valence-electron chi connectivity index (χ0n) is 9.95. The summed E-state index contributed by atoms with van der Waals surface area (Å²) in [5.74, 6) is 1.38. The molecule has 0 atom stereocenters. The number of thiophene rings is 1. The van der Waals surface area contributed by atoms with Gasteiger partial charge in [0, 0.05) is 6.54 Å². The lowest BCUT2D eigenvalue weighted by Gasteiger charge is -2.02. The fourth-order valence-corrected chi connectivity index (χ4v) is 2.41. The molecule has 0 saturated carbocycles. The average molecular weight is 249 g/mol. The molecule has 0 unspecified atom stereocenters. The number of hydrogen-bond donors (Lipinski definition) is 1. The second-order valence-electron chi connectivity index (χ2n) is 3.96. The third-order valence-corrected chi connectivity index (χ3v) is 3.30. The smallest absolute Gasteiger partial charge is 0.254 e. The van der Waals surface area contributed by atoms with Gasteiger partial charge in [-0.3, -0.25) is 4.79 Å². The maximum absolute atomic E-state index is 11.8. The van der Waals surface area contributed by atoms with Gasteiger partial charge in [-0.15, -0.1) is 0 Å². The lowest BCUT2D eigenvalue weighted by Crippen LogP contribution is -2.25. The molecule has 2 aromatic heterocycles. The molecule has 90 valence electrons. The Bertz CT molecular complexity index is 499. The molecule has 3 nitrogen and oxygen atoms in total. The number of carbonyl (C=O) groups is 1. The summed E-state index contributed by atoms with van der Waals surface area (Å²) >= 11 is 1.67. The van der Waals surface area contributed by atoms with Gasteiger partial charge < -0.3 is 9.73 Å². The number of amides is 1. The lowest BCUT2D eigenvalue weighted by atomic mass is 10.2. The Morgan fingerprint density at radius 1 is 1.47 bits per heavy atom. The number of nitrogens with one attached hydrogen (secondary N) is 1. The molecule has 0 aliphatic rings. The van der Waals surface area contributed by atoms with Crippen LogP contribution in [0.15, 0.2) is 27.3 Å². The summed E-state index contributed by atoms with van der Waals surface area (Å²) in [6.45, 7) is 4.30. The van der Waals surface area contributed by atoms with Crippen molar-refractivity contribution in [2.45, 2.75) is 20.3 Å². The van der Waals surface area contributed by atoms with E-state index in [0.29, 0.717) is 17.9 Å². The van der Waals surface area contributed by atoms with Gasteiger partial charge in [-0.1, -0.05) is 0 Å². The van der Waals surface area contributed by atoms with Crippen LogP contribution in [0.2, 0.25) is 0 Å². The molecule has 0 bridgehead atoms. The van der Waals surface area contributed by atoms with E-state index in [4.69, 9.17) is 4.42 Å². The zero-order chi connectivity index (χ0) is 12.3. The van der Waals surface area contributed by atoms with E-state index in [9.17, 15) is 4.79 Å². The second-order valence-corrected chi connectivity index (χ2v) is 4.74. The summed E-state index contributed by atoms with van der Waals surface area (Å²) in [5.41, 5.74) is 1.89. The van der Waals surface area contributed by atoms with Gasteiger partial charge >= 0.3 is 0 Å². The fraction of sp³-hybridized carbons (Fsp3) is 0.308. The summed E-state index contributed by atoms with van der Waals surface area (Å²) in [7, 11) is 0. The Morgan fingerprint density at radius 2 is 2.29 bits per heavy atom. The topological polar surface area (TPSA) is 42.2 Å². The van der Waals surface area contributed by atoms with Crippen LogP contribution in [0, 0.1) is 13.8 Å². The van der Waals surface area contributed by atoms with E-state index < -0.39 is 0 Å². The summed E-state index contributed by atoms with van der Waals surface area (Å²) < 4.78 is 5.33. The van der Waals surface area contributed by atoms with Crippen LogP contribution in [0.4, 0.5) is 0 Å². The predicted octanol–water partition coefficient (Wildman–Crippen LogP) is 2.93. The molecule has 0 spiro atoms. The molecule has 2 heterocycles. The van der Waals surface area contributed by atoms with E-state index in [2.05, 4.69) is 16.8 Å². The quantitative estimate of drug-likeness (QED) is 0.905. The van der Waals surface area contributed by atoms with Crippen LogP contribution in [0.5, 0.6) is 0 Å². The number of carbonyl (C=O) groups excluding carboxylic acids is 1. The maximum Gasteiger partial charge on any atom is 0.254 e. The van der Waals surface area contributed by atoms with Crippen LogP contribution in [0.25, 0.3) is 0 Å². The molecule has 0 saturated heterocycles. The Hall–Kier alpha value is -1.55. The first-order chi connectivity index (χ1) is 8.16. The van der Waals surface area contributed by atoms with Crippen molar-refractivity contribution in [2.24, 2.45) is 0 Å². The van der Waals surface area contributed by atoms with Gasteiger partial charge in [-0.05, 0) is 48.7 Å². The minimum atomic E-state index is -0.0606. The molecule has 1 amide bonds. The number of furan rings is 1. The Kier molecular flexibility index (Phi) is 3.64. The first-order valence-electron chi connectivity index (χ1n) is 5.53. The minimum absolute atomic E-state index is 0.0606. The molecule has 0 aliphatic carbocycles. The van der Waals surface area contributed by atoms with Gasteiger partial charge in [0.05, 0.1) is 5.56 Å². The highest BCUT2D eigenvalue weighted by Crippen LogP contribution is 2.13. The predicted molar refractivity (Wildman–Crippen MR) is 68.5 cm³/mol. The SMILES string of the molecule is Cc1cc(C(=O)NCCc2ccsc2)c(C)o1. The molecular weight excluding hydrogens is 234 g/mol. The highest BCUT2D eigenvalue weighted by Gasteiger charge is 2.12. The second kappa shape index (κ2) is 5.19. The normalized spacial score (nSPS) is 10.5. The highest BCUT2D eigenvalue weighted by molar-refractivity contribution is 7.07. The molecule has 2 aromatic rings. The van der Waals surface area contributed by atoms with E-state index in [1.54, 1.807) is 24.3 Å². The summed E-state index contributed by atoms with van der Waals surface area (Å²) in [6, 6.07) is 3.85. The summed E-state index contributed by atoms with van der Waals surface area (Å²) in [6.07, 6.45) is 0.866. The number of hydrogen-bond acceptors (Lipinski definition) is 3. The van der Waals surface area contributed by atoms with Crippen LogP contribution in [0.1, 0.15) is 27.4 Å². The monoisotopic (exact) mass is 249 g/mol. The molecule has 0 aromatic carbocycles. The Morgan fingerprint density at radius 3 is 2.88 bits per heavy atom. The molecule has 4 heteroatoms. The van der Waals surface area contributed by atoms with Crippen molar-refractivity contribution < 1.29 is 9.21 Å². The molecule has 0 fully saturated rings. The Balaban J connectivity index is 1.87. The average Bonchev–Trinajstić information content (AvgIpc) is 2.88. The van der Waals surface area contributed by atoms with E-state index in [1.165, 1.54) is 5.56 Å². The van der Waals surface area contributed by atoms with Crippen LogP contribution in [0.3, 0.4) is 0 Å². The first kappa shape index (κ1) is 11.9. The van der Waals surface area contributed by atoms with Gasteiger partial charge in [-0.2, -0.15) is 11.3 Å².